The molecular formula is C43H34Cl4N6O4. The maximum Gasteiger partial charge on any atom is 0.276 e. The van der Waals surface area contributed by atoms with E-state index in [0.717, 1.165) is 22.3 Å². The van der Waals surface area contributed by atoms with Crippen LogP contribution in [-0.2, 0) is 26.4 Å². The van der Waals surface area contributed by atoms with E-state index in [2.05, 4.69) is 42.4 Å². The van der Waals surface area contributed by atoms with Gasteiger partial charge in [0.05, 0.1) is 5.02 Å². The molecule has 10 nitrogen and oxygen atoms in total. The Morgan fingerprint density at radius 3 is 1.25 bits per heavy atom. The van der Waals surface area contributed by atoms with E-state index in [1.807, 2.05) is 121 Å². The Balaban J connectivity index is 0.000000180. The van der Waals surface area contributed by atoms with Gasteiger partial charge in [-0.1, -0.05) is 174 Å². The van der Waals surface area contributed by atoms with Gasteiger partial charge in [-0.05, 0) is 41.2 Å². The first-order valence-corrected chi connectivity index (χ1v) is 18.7. The second-order valence-electron chi connectivity index (χ2n) is 11.5. The molecule has 0 aliphatic carbocycles. The standard InChI is InChI=1S/C21H18N2O2.C18H15ClN2O2.C4HCl3N2/c1-2-9-19-14-20(24-15-17-10-5-3-6-11-17)21(23-22-19)25-16-18-12-7-4-8-13-18;19-17-11-16(22-12-14-7-3-1-4-8-14)18(21-20-17)23-13-15-9-5-2-6-10-15;5-2-1-3(6)8-9-4(2)7/h3-8,10-14H,15-16H2,1H3;1-11H,12-13H2;1H. The Morgan fingerprint density at radius 1 is 0.439 bits per heavy atom. The summed E-state index contributed by atoms with van der Waals surface area (Å²) in [5.41, 5.74) is 4.76. The quantitative estimate of drug-likeness (QED) is 0.110. The summed E-state index contributed by atoms with van der Waals surface area (Å²) >= 11 is 22.2. The Bertz CT molecular complexity index is 2340. The first-order valence-electron chi connectivity index (χ1n) is 17.2. The Morgan fingerprint density at radius 2 is 0.825 bits per heavy atom. The summed E-state index contributed by atoms with van der Waals surface area (Å²) in [5.74, 6) is 7.40. The van der Waals surface area contributed by atoms with Crippen molar-refractivity contribution in [2.75, 3.05) is 0 Å². The van der Waals surface area contributed by atoms with E-state index in [1.54, 1.807) is 19.1 Å². The summed E-state index contributed by atoms with van der Waals surface area (Å²) in [6, 6.07) is 44.3. The van der Waals surface area contributed by atoms with Gasteiger partial charge in [-0.25, -0.2) is 0 Å². The third-order valence-electron chi connectivity index (χ3n) is 7.26. The van der Waals surface area contributed by atoms with E-state index in [4.69, 9.17) is 65.4 Å². The van der Waals surface area contributed by atoms with Gasteiger partial charge >= 0.3 is 0 Å². The molecule has 0 aliphatic heterocycles. The lowest BCUT2D eigenvalue weighted by Crippen LogP contribution is -2.04. The molecule has 3 aromatic heterocycles. The smallest absolute Gasteiger partial charge is 0.276 e. The lowest BCUT2D eigenvalue weighted by molar-refractivity contribution is 0.244. The summed E-state index contributed by atoms with van der Waals surface area (Å²) in [7, 11) is 0. The molecule has 0 unspecified atom stereocenters. The van der Waals surface area contributed by atoms with Crippen LogP contribution < -0.4 is 18.9 Å². The Labute approximate surface area is 350 Å². The summed E-state index contributed by atoms with van der Waals surface area (Å²) in [5, 5.41) is 23.8. The van der Waals surface area contributed by atoms with Gasteiger partial charge < -0.3 is 18.9 Å². The number of nitrogens with zero attached hydrogens (tertiary/aromatic N) is 6. The van der Waals surface area contributed by atoms with Gasteiger partial charge in [0.2, 0.25) is 0 Å². The van der Waals surface area contributed by atoms with Crippen LogP contribution in [0.25, 0.3) is 0 Å². The fourth-order valence-electron chi connectivity index (χ4n) is 4.56. The third-order valence-corrected chi connectivity index (χ3v) is 8.30. The van der Waals surface area contributed by atoms with Crippen molar-refractivity contribution >= 4 is 46.4 Å². The summed E-state index contributed by atoms with van der Waals surface area (Å²) in [6.07, 6.45) is 0. The maximum absolute atomic E-state index is 5.91. The minimum atomic E-state index is 0.168. The highest BCUT2D eigenvalue weighted by Gasteiger charge is 2.12. The Hall–Kier alpha value is -5.96. The van der Waals surface area contributed by atoms with Gasteiger partial charge in [0.15, 0.2) is 27.0 Å². The minimum absolute atomic E-state index is 0.168. The van der Waals surface area contributed by atoms with Crippen molar-refractivity contribution in [2.45, 2.75) is 33.4 Å². The molecule has 0 amide bonds. The SMILES string of the molecule is CC#Cc1cc(OCc2ccccc2)c(OCc2ccccc2)nn1.Clc1cc(Cl)c(Cl)nn1.Clc1cc(OCc2ccccc2)c(OCc2ccccc2)nn1. The van der Waals surface area contributed by atoms with Crippen LogP contribution in [-0.4, -0.2) is 30.6 Å². The number of hydrogen-bond donors (Lipinski definition) is 0. The highest BCUT2D eigenvalue weighted by atomic mass is 35.5. The molecule has 3 heterocycles. The van der Waals surface area contributed by atoms with Crippen molar-refractivity contribution in [2.24, 2.45) is 0 Å². The molecule has 0 N–H and O–H groups in total. The van der Waals surface area contributed by atoms with E-state index in [1.165, 1.54) is 6.07 Å². The number of hydrogen-bond acceptors (Lipinski definition) is 10. The molecule has 0 saturated heterocycles. The van der Waals surface area contributed by atoms with Gasteiger partial charge in [-0.15, -0.1) is 30.6 Å². The van der Waals surface area contributed by atoms with Crippen molar-refractivity contribution in [3.05, 3.63) is 188 Å². The molecule has 7 rings (SSSR count). The number of halogens is 4. The summed E-state index contributed by atoms with van der Waals surface area (Å²) in [4.78, 5) is 0. The zero-order chi connectivity index (χ0) is 40.1. The zero-order valence-electron chi connectivity index (χ0n) is 30.4. The molecule has 0 radical (unpaired) electrons. The second-order valence-corrected chi connectivity index (χ2v) is 13.1. The summed E-state index contributed by atoms with van der Waals surface area (Å²) in [6.45, 7) is 3.37. The topological polar surface area (TPSA) is 114 Å². The number of benzene rings is 4. The number of ether oxygens (including phenoxy) is 4. The van der Waals surface area contributed by atoms with Crippen molar-refractivity contribution in [1.82, 2.24) is 30.6 Å². The molecule has 14 heteroatoms. The van der Waals surface area contributed by atoms with Crippen LogP contribution in [0, 0.1) is 11.8 Å². The third kappa shape index (κ3) is 14.9. The molecule has 57 heavy (non-hydrogen) atoms. The van der Waals surface area contributed by atoms with E-state index in [0.29, 0.717) is 60.4 Å². The van der Waals surface area contributed by atoms with Crippen molar-refractivity contribution in [3.8, 4) is 35.1 Å². The van der Waals surface area contributed by atoms with Gasteiger partial charge in [-0.2, -0.15) is 0 Å². The van der Waals surface area contributed by atoms with Crippen LogP contribution in [0.1, 0.15) is 34.9 Å². The van der Waals surface area contributed by atoms with Gasteiger partial charge in [0.25, 0.3) is 11.8 Å². The van der Waals surface area contributed by atoms with Crippen LogP contribution in [0.15, 0.2) is 140 Å². The fraction of sp³-hybridized carbons (Fsp3) is 0.116. The van der Waals surface area contributed by atoms with Crippen LogP contribution >= 0.6 is 46.4 Å². The molecule has 0 atom stereocenters. The van der Waals surface area contributed by atoms with Gasteiger partial charge in [-0.3, -0.25) is 0 Å². The first-order chi connectivity index (χ1) is 27.9. The molecule has 0 fully saturated rings. The predicted octanol–water partition coefficient (Wildman–Crippen LogP) is 10.7. The molecule has 0 spiro atoms. The largest absolute Gasteiger partial charge is 0.483 e. The monoisotopic (exact) mass is 838 g/mol. The Kier molecular flexibility index (Phi) is 17.2. The second kappa shape index (κ2) is 23.2. The molecule has 288 valence electrons. The lowest BCUT2D eigenvalue weighted by atomic mass is 10.2. The predicted molar refractivity (Wildman–Crippen MR) is 222 cm³/mol. The van der Waals surface area contributed by atoms with Crippen molar-refractivity contribution < 1.29 is 18.9 Å². The van der Waals surface area contributed by atoms with E-state index in [-0.39, 0.29) is 15.5 Å². The maximum atomic E-state index is 5.91. The highest BCUT2D eigenvalue weighted by molar-refractivity contribution is 6.42. The number of aromatic nitrogens is 6. The molecule has 4 aromatic carbocycles. The van der Waals surface area contributed by atoms with E-state index in [9.17, 15) is 0 Å². The molecule has 0 aliphatic rings. The number of rotatable bonds is 12. The fourth-order valence-corrected chi connectivity index (χ4v) is 5.13. The van der Waals surface area contributed by atoms with E-state index < -0.39 is 0 Å². The molecular weight excluding hydrogens is 806 g/mol. The van der Waals surface area contributed by atoms with Crippen LogP contribution in [0.4, 0.5) is 0 Å². The van der Waals surface area contributed by atoms with E-state index >= 15 is 0 Å². The lowest BCUT2D eigenvalue weighted by Gasteiger charge is -2.11. The first kappa shape index (κ1) is 42.2. The molecule has 0 saturated carbocycles. The highest BCUT2D eigenvalue weighted by Crippen LogP contribution is 2.28. The molecule has 7 aromatic rings. The van der Waals surface area contributed by atoms with Gasteiger partial charge in [0.1, 0.15) is 32.1 Å². The molecule has 0 bridgehead atoms. The van der Waals surface area contributed by atoms with Crippen molar-refractivity contribution in [3.63, 3.8) is 0 Å². The van der Waals surface area contributed by atoms with Crippen molar-refractivity contribution in [1.29, 1.82) is 0 Å². The zero-order valence-corrected chi connectivity index (χ0v) is 33.5. The average molecular weight is 841 g/mol. The van der Waals surface area contributed by atoms with Crippen LogP contribution in [0.5, 0.6) is 23.3 Å². The van der Waals surface area contributed by atoms with Gasteiger partial charge in [0, 0.05) is 12.1 Å². The van der Waals surface area contributed by atoms with Crippen LogP contribution in [0.3, 0.4) is 0 Å². The van der Waals surface area contributed by atoms with Crippen LogP contribution in [0.2, 0.25) is 20.5 Å². The normalized spacial score (nSPS) is 9.98. The minimum Gasteiger partial charge on any atom is -0.483 e. The average Bonchev–Trinajstić information content (AvgIpc) is 3.25. The summed E-state index contributed by atoms with van der Waals surface area (Å²) < 4.78 is 23.2.